The highest BCUT2D eigenvalue weighted by atomic mass is 35.5. The Morgan fingerprint density at radius 2 is 1.68 bits per heavy atom. The molecule has 0 radical (unpaired) electrons. The maximum absolute atomic E-state index is 13.3. The van der Waals surface area contributed by atoms with Crippen LogP contribution in [0.5, 0.6) is 0 Å². The topological polar surface area (TPSA) is 43.9 Å². The van der Waals surface area contributed by atoms with Crippen molar-refractivity contribution >= 4 is 23.4 Å². The van der Waals surface area contributed by atoms with Crippen LogP contribution in [0.15, 0.2) is 24.3 Å². The van der Waals surface area contributed by atoms with Crippen molar-refractivity contribution in [3.8, 4) is 0 Å². The summed E-state index contributed by atoms with van der Waals surface area (Å²) in [5.74, 6) is 0.694. The van der Waals surface area contributed by atoms with E-state index < -0.39 is 0 Å². The van der Waals surface area contributed by atoms with Gasteiger partial charge in [0.1, 0.15) is 0 Å². The zero-order valence-corrected chi connectivity index (χ0v) is 17.8. The number of benzene rings is 1. The lowest BCUT2D eigenvalue weighted by Crippen LogP contribution is -2.58. The van der Waals surface area contributed by atoms with E-state index in [9.17, 15) is 9.59 Å². The monoisotopic (exact) mass is 405 g/mol. The fourth-order valence-corrected chi connectivity index (χ4v) is 4.88. The van der Waals surface area contributed by atoms with Gasteiger partial charge in [-0.25, -0.2) is 0 Å². The number of nitrogens with zero attached hydrogens (tertiary/aromatic N) is 3. The quantitative estimate of drug-likeness (QED) is 0.727. The summed E-state index contributed by atoms with van der Waals surface area (Å²) in [7, 11) is 0. The molecule has 2 fully saturated rings. The van der Waals surface area contributed by atoms with Crippen LogP contribution in [-0.4, -0.2) is 71.8 Å². The van der Waals surface area contributed by atoms with Crippen molar-refractivity contribution < 1.29 is 9.59 Å². The van der Waals surface area contributed by atoms with E-state index in [-0.39, 0.29) is 17.9 Å². The predicted molar refractivity (Wildman–Crippen MR) is 113 cm³/mol. The minimum absolute atomic E-state index is 0.0160. The lowest BCUT2D eigenvalue weighted by molar-refractivity contribution is -0.139. The third-order valence-electron chi connectivity index (χ3n) is 6.27. The van der Waals surface area contributed by atoms with E-state index in [2.05, 4.69) is 4.90 Å². The van der Waals surface area contributed by atoms with Gasteiger partial charge < -0.3 is 9.80 Å². The molecular weight excluding hydrogens is 374 g/mol. The summed E-state index contributed by atoms with van der Waals surface area (Å²) >= 11 is 6.20. The molecule has 1 atom stereocenters. The van der Waals surface area contributed by atoms with Gasteiger partial charge >= 0.3 is 0 Å². The van der Waals surface area contributed by atoms with Crippen LogP contribution in [-0.2, 0) is 4.79 Å². The second-order valence-corrected chi connectivity index (χ2v) is 8.22. The Labute approximate surface area is 173 Å². The highest BCUT2D eigenvalue weighted by Gasteiger charge is 2.38. The molecule has 6 heteroatoms. The van der Waals surface area contributed by atoms with Crippen LogP contribution in [0.25, 0.3) is 0 Å². The van der Waals surface area contributed by atoms with Crippen molar-refractivity contribution in [2.24, 2.45) is 5.92 Å². The first kappa shape index (κ1) is 21.1. The fraction of sp³-hybridized carbons (Fsp3) is 0.636. The maximum Gasteiger partial charge on any atom is 0.255 e. The van der Waals surface area contributed by atoms with Gasteiger partial charge in [-0.1, -0.05) is 36.6 Å². The second kappa shape index (κ2) is 9.75. The number of likely N-dealkylation sites (N-methyl/N-ethyl adjacent to an activating group) is 1. The molecule has 0 spiro atoms. The molecular formula is C22H32ClN3O2. The minimum atomic E-state index is -0.0417. The number of hydrogen-bond acceptors (Lipinski definition) is 3. The van der Waals surface area contributed by atoms with Gasteiger partial charge in [0.15, 0.2) is 0 Å². The molecule has 1 saturated carbocycles. The predicted octanol–water partition coefficient (Wildman–Crippen LogP) is 3.53. The van der Waals surface area contributed by atoms with E-state index in [0.717, 1.165) is 39.0 Å². The molecule has 0 unspecified atom stereocenters. The van der Waals surface area contributed by atoms with Crippen molar-refractivity contribution in [1.82, 2.24) is 14.7 Å². The molecule has 0 bridgehead atoms. The number of piperazine rings is 1. The van der Waals surface area contributed by atoms with Crippen LogP contribution < -0.4 is 0 Å². The molecule has 1 aromatic rings. The summed E-state index contributed by atoms with van der Waals surface area (Å²) < 4.78 is 0. The highest BCUT2D eigenvalue weighted by Crippen LogP contribution is 2.32. The lowest BCUT2D eigenvalue weighted by Gasteiger charge is -2.42. The van der Waals surface area contributed by atoms with E-state index >= 15 is 0 Å². The Hall–Kier alpha value is -1.59. The molecule has 1 aliphatic heterocycles. The third kappa shape index (κ3) is 4.52. The Morgan fingerprint density at radius 3 is 2.25 bits per heavy atom. The number of hydrogen-bond donors (Lipinski definition) is 0. The average molecular weight is 406 g/mol. The van der Waals surface area contributed by atoms with Crippen LogP contribution >= 0.6 is 11.6 Å². The van der Waals surface area contributed by atoms with Crippen LogP contribution in [0.4, 0.5) is 0 Å². The summed E-state index contributed by atoms with van der Waals surface area (Å²) in [5.41, 5.74) is 0.559. The Balaban J connectivity index is 1.69. The van der Waals surface area contributed by atoms with Gasteiger partial charge in [0, 0.05) is 39.3 Å². The van der Waals surface area contributed by atoms with Gasteiger partial charge in [0.25, 0.3) is 5.91 Å². The summed E-state index contributed by atoms with van der Waals surface area (Å²) in [5, 5.41) is 0.496. The summed E-state index contributed by atoms with van der Waals surface area (Å²) in [6, 6.07) is 7.17. The number of halogens is 1. The van der Waals surface area contributed by atoms with Gasteiger partial charge in [0.2, 0.25) is 5.91 Å². The molecule has 154 valence electrons. The molecule has 0 N–H and O–H groups in total. The number of carbonyl (C=O) groups excluding carboxylic acids is 2. The molecule has 1 aromatic carbocycles. The van der Waals surface area contributed by atoms with Crippen molar-refractivity contribution in [1.29, 1.82) is 0 Å². The van der Waals surface area contributed by atoms with Gasteiger partial charge in [0.05, 0.1) is 16.6 Å². The smallest absolute Gasteiger partial charge is 0.255 e. The fourth-order valence-electron chi connectivity index (χ4n) is 4.66. The lowest BCUT2D eigenvalue weighted by atomic mass is 9.94. The van der Waals surface area contributed by atoms with Crippen LogP contribution in [0, 0.1) is 5.92 Å². The molecule has 1 aliphatic carbocycles. The zero-order chi connectivity index (χ0) is 20.1. The molecule has 1 heterocycles. The standard InChI is InChI=1S/C22H32ClN3O2/c1-3-24(4-2)22(28)20(17-9-5-6-10-17)25-13-15-26(16-14-25)21(27)18-11-7-8-12-19(18)23/h7-8,11-12,17,20H,3-6,9-10,13-16H2,1-2H3/t20-/m1/s1. The summed E-state index contributed by atoms with van der Waals surface area (Å²) in [4.78, 5) is 32.3. The van der Waals surface area contributed by atoms with Gasteiger partial charge in [-0.05, 0) is 44.7 Å². The zero-order valence-electron chi connectivity index (χ0n) is 17.1. The number of amides is 2. The van der Waals surface area contributed by atoms with Crippen LogP contribution in [0.3, 0.4) is 0 Å². The average Bonchev–Trinajstić information content (AvgIpc) is 3.24. The molecule has 28 heavy (non-hydrogen) atoms. The van der Waals surface area contributed by atoms with Crippen molar-refractivity contribution in [3.63, 3.8) is 0 Å². The first-order valence-corrected chi connectivity index (χ1v) is 11.0. The number of carbonyl (C=O) groups is 2. The minimum Gasteiger partial charge on any atom is -0.342 e. The normalized spacial score (nSPS) is 19.6. The van der Waals surface area contributed by atoms with Crippen molar-refractivity contribution in [2.45, 2.75) is 45.6 Å². The Bertz CT molecular complexity index is 678. The van der Waals surface area contributed by atoms with E-state index in [4.69, 9.17) is 11.6 Å². The van der Waals surface area contributed by atoms with Crippen LogP contribution in [0.2, 0.25) is 5.02 Å². The van der Waals surface area contributed by atoms with Gasteiger partial charge in [-0.15, -0.1) is 0 Å². The second-order valence-electron chi connectivity index (χ2n) is 7.81. The Morgan fingerprint density at radius 1 is 1.07 bits per heavy atom. The van der Waals surface area contributed by atoms with Crippen molar-refractivity contribution in [3.05, 3.63) is 34.9 Å². The maximum atomic E-state index is 13.3. The molecule has 2 amide bonds. The van der Waals surface area contributed by atoms with Gasteiger partial charge in [-0.2, -0.15) is 0 Å². The van der Waals surface area contributed by atoms with E-state index in [0.29, 0.717) is 29.6 Å². The van der Waals surface area contributed by atoms with Crippen molar-refractivity contribution in [2.75, 3.05) is 39.3 Å². The van der Waals surface area contributed by atoms with E-state index in [1.807, 2.05) is 35.8 Å². The van der Waals surface area contributed by atoms with Crippen LogP contribution in [0.1, 0.15) is 49.9 Å². The third-order valence-corrected chi connectivity index (χ3v) is 6.60. The first-order valence-electron chi connectivity index (χ1n) is 10.6. The molecule has 1 saturated heterocycles. The summed E-state index contributed by atoms with van der Waals surface area (Å²) in [6.07, 6.45) is 4.71. The highest BCUT2D eigenvalue weighted by molar-refractivity contribution is 6.33. The Kier molecular flexibility index (Phi) is 7.36. The van der Waals surface area contributed by atoms with E-state index in [1.165, 1.54) is 12.8 Å². The molecule has 0 aromatic heterocycles. The SMILES string of the molecule is CCN(CC)C(=O)[C@@H](C1CCCC1)N1CCN(C(=O)c2ccccc2Cl)CC1. The van der Waals surface area contributed by atoms with E-state index in [1.54, 1.807) is 12.1 Å². The molecule has 5 nitrogen and oxygen atoms in total. The summed E-state index contributed by atoms with van der Waals surface area (Å²) in [6.45, 7) is 8.36. The molecule has 2 aliphatic rings. The largest absolute Gasteiger partial charge is 0.342 e. The van der Waals surface area contributed by atoms with Gasteiger partial charge in [-0.3, -0.25) is 14.5 Å². The first-order chi connectivity index (χ1) is 13.6. The molecule has 3 rings (SSSR count). The number of rotatable bonds is 6.